The lowest BCUT2D eigenvalue weighted by Gasteiger charge is -2.34. The van der Waals surface area contributed by atoms with Crippen LogP contribution in [-0.2, 0) is 24.2 Å². The number of rotatable bonds is 14. The van der Waals surface area contributed by atoms with Gasteiger partial charge in [-0.2, -0.15) is 0 Å². The second-order valence-electron chi connectivity index (χ2n) is 9.37. The maximum Gasteiger partial charge on any atom is 0.248 e. The summed E-state index contributed by atoms with van der Waals surface area (Å²) in [6.07, 6.45) is 9.49. The molecule has 1 aliphatic rings. The number of sulfone groups is 1. The summed E-state index contributed by atoms with van der Waals surface area (Å²) in [6, 6.07) is 3.10. The van der Waals surface area contributed by atoms with Crippen LogP contribution in [-0.4, -0.2) is 66.0 Å². The smallest absolute Gasteiger partial charge is 0.248 e. The number of aromatic nitrogens is 1. The van der Waals surface area contributed by atoms with Crippen molar-refractivity contribution in [3.63, 3.8) is 0 Å². The van der Waals surface area contributed by atoms with E-state index in [0.29, 0.717) is 30.7 Å². The van der Waals surface area contributed by atoms with Crippen molar-refractivity contribution >= 4 is 33.9 Å². The van der Waals surface area contributed by atoms with Crippen molar-refractivity contribution in [2.24, 2.45) is 11.8 Å². The predicted octanol–water partition coefficient (Wildman–Crippen LogP) is 2.54. The van der Waals surface area contributed by atoms with Gasteiger partial charge in [-0.3, -0.25) is 19.6 Å². The lowest BCUT2D eigenvalue weighted by atomic mass is 9.79. The van der Waals surface area contributed by atoms with Gasteiger partial charge in [-0.25, -0.2) is 18.5 Å². The van der Waals surface area contributed by atoms with E-state index in [0.717, 1.165) is 38.4 Å². The topological polar surface area (TPSA) is 146 Å². The van der Waals surface area contributed by atoms with E-state index in [9.17, 15) is 28.0 Å². The maximum atomic E-state index is 13.5. The zero-order chi connectivity index (χ0) is 25.8. The molecule has 11 heteroatoms. The summed E-state index contributed by atoms with van der Waals surface area (Å²) in [5, 5.41) is 16.2. The molecule has 0 radical (unpaired) electrons. The van der Waals surface area contributed by atoms with Crippen LogP contribution in [0.2, 0.25) is 0 Å². The molecule has 0 bridgehead atoms. The highest BCUT2D eigenvalue weighted by Crippen LogP contribution is 2.32. The quantitative estimate of drug-likeness (QED) is 0.198. The molecule has 1 aliphatic carbocycles. The van der Waals surface area contributed by atoms with Crippen molar-refractivity contribution in [2.45, 2.75) is 76.8 Å². The second kappa shape index (κ2) is 14.1. The molecule has 3 atom stereocenters. The van der Waals surface area contributed by atoms with Crippen LogP contribution in [0.3, 0.4) is 0 Å². The maximum absolute atomic E-state index is 13.5. The van der Waals surface area contributed by atoms with Gasteiger partial charge in [-0.05, 0) is 37.3 Å². The Morgan fingerprint density at radius 2 is 1.91 bits per heavy atom. The molecule has 3 amide bonds. The van der Waals surface area contributed by atoms with Crippen LogP contribution in [0, 0.1) is 11.8 Å². The molecule has 10 nitrogen and oxygen atoms in total. The first kappa shape index (κ1) is 28.7. The number of pyridine rings is 1. The zero-order valence-corrected chi connectivity index (χ0v) is 21.4. The molecule has 0 aliphatic heterocycles. The monoisotopic (exact) mass is 510 g/mol. The molecule has 35 heavy (non-hydrogen) atoms. The van der Waals surface area contributed by atoms with Crippen LogP contribution >= 0.6 is 0 Å². The van der Waals surface area contributed by atoms with E-state index in [-0.39, 0.29) is 23.9 Å². The van der Waals surface area contributed by atoms with Gasteiger partial charge < -0.3 is 10.6 Å². The highest BCUT2D eigenvalue weighted by Gasteiger charge is 2.36. The number of carbonyl (C=O) groups excluding carboxylic acids is 3. The summed E-state index contributed by atoms with van der Waals surface area (Å²) < 4.78 is 23.6. The fraction of sp³-hybridized carbons (Fsp3) is 0.667. The van der Waals surface area contributed by atoms with Crippen LogP contribution in [0.15, 0.2) is 24.4 Å². The minimum Gasteiger partial charge on any atom is -0.344 e. The highest BCUT2D eigenvalue weighted by molar-refractivity contribution is 7.90. The Morgan fingerprint density at radius 3 is 2.49 bits per heavy atom. The molecule has 1 aromatic rings. The van der Waals surface area contributed by atoms with Gasteiger partial charge in [-0.15, -0.1) is 0 Å². The Morgan fingerprint density at radius 1 is 1.20 bits per heavy atom. The minimum absolute atomic E-state index is 0.117. The first-order chi connectivity index (χ1) is 16.6. The molecular formula is C24H38N4O6S. The molecule has 2 rings (SSSR count). The molecule has 1 fully saturated rings. The standard InChI is InChI=1S/C24H38N4O6S/c1-3-9-21(28(32)17-29)19(16-18-10-5-4-6-11-18)23(30)26-20(13-15-35(2,33)34)24(31)27-22-12-7-8-14-25-22/h7-8,12,14,17-21,32H,3-6,9-11,13,15-16H2,1-2H3,(H,26,30)(H,25,27,31)/t19-,20+,21+/m1/s1. The van der Waals surface area contributed by atoms with Crippen molar-refractivity contribution in [2.75, 3.05) is 17.3 Å². The van der Waals surface area contributed by atoms with Gasteiger partial charge in [0.2, 0.25) is 18.2 Å². The van der Waals surface area contributed by atoms with Crippen molar-refractivity contribution < 1.29 is 28.0 Å². The first-order valence-corrected chi connectivity index (χ1v) is 14.3. The minimum atomic E-state index is -3.39. The number of hydrogen-bond acceptors (Lipinski definition) is 7. The van der Waals surface area contributed by atoms with Gasteiger partial charge in [0, 0.05) is 12.5 Å². The Balaban J connectivity index is 2.26. The Labute approximate surface area is 207 Å². The largest absolute Gasteiger partial charge is 0.344 e. The van der Waals surface area contributed by atoms with E-state index in [1.54, 1.807) is 18.2 Å². The molecule has 0 saturated heterocycles. The SMILES string of the molecule is CCC[C@@H]([C@@H](CC1CCCCC1)C(=O)N[C@@H](CCS(C)(=O)=O)C(=O)Nc1ccccn1)N(O)C=O. The summed E-state index contributed by atoms with van der Waals surface area (Å²) in [7, 11) is -3.39. The average molecular weight is 511 g/mol. The van der Waals surface area contributed by atoms with Crippen molar-refractivity contribution in [1.82, 2.24) is 15.4 Å². The lowest BCUT2D eigenvalue weighted by molar-refractivity contribution is -0.169. The predicted molar refractivity (Wildman–Crippen MR) is 132 cm³/mol. The molecule has 0 unspecified atom stereocenters. The first-order valence-electron chi connectivity index (χ1n) is 12.3. The lowest BCUT2D eigenvalue weighted by Crippen LogP contribution is -2.52. The number of nitrogens with zero attached hydrogens (tertiary/aromatic N) is 2. The third kappa shape index (κ3) is 9.93. The van der Waals surface area contributed by atoms with E-state index >= 15 is 0 Å². The third-order valence-electron chi connectivity index (χ3n) is 6.47. The number of amides is 3. The number of hydrogen-bond donors (Lipinski definition) is 3. The number of nitrogens with one attached hydrogen (secondary N) is 2. The van der Waals surface area contributed by atoms with Crippen LogP contribution in [0.5, 0.6) is 0 Å². The fourth-order valence-electron chi connectivity index (χ4n) is 4.64. The zero-order valence-electron chi connectivity index (χ0n) is 20.6. The highest BCUT2D eigenvalue weighted by atomic mass is 32.2. The normalized spacial score (nSPS) is 17.1. The Kier molecular flexibility index (Phi) is 11.6. The van der Waals surface area contributed by atoms with Crippen molar-refractivity contribution in [1.29, 1.82) is 0 Å². The van der Waals surface area contributed by atoms with Crippen LogP contribution < -0.4 is 10.6 Å². The van der Waals surface area contributed by atoms with E-state index in [4.69, 9.17) is 0 Å². The molecule has 0 spiro atoms. The molecule has 1 aromatic heterocycles. The van der Waals surface area contributed by atoms with Crippen LogP contribution in [0.25, 0.3) is 0 Å². The fourth-order valence-corrected chi connectivity index (χ4v) is 5.31. The van der Waals surface area contributed by atoms with Gasteiger partial charge in [0.1, 0.15) is 21.7 Å². The Hall–Kier alpha value is -2.53. The third-order valence-corrected chi connectivity index (χ3v) is 7.45. The molecule has 0 aromatic carbocycles. The summed E-state index contributed by atoms with van der Waals surface area (Å²) in [4.78, 5) is 42.0. The van der Waals surface area contributed by atoms with Gasteiger partial charge in [0.05, 0.1) is 17.7 Å². The molecule has 196 valence electrons. The van der Waals surface area contributed by atoms with Gasteiger partial charge in [0.15, 0.2) is 0 Å². The summed E-state index contributed by atoms with van der Waals surface area (Å²) >= 11 is 0. The Bertz CT molecular complexity index is 921. The van der Waals surface area contributed by atoms with Crippen LogP contribution in [0.1, 0.15) is 64.7 Å². The number of anilines is 1. The van der Waals surface area contributed by atoms with Gasteiger partial charge >= 0.3 is 0 Å². The van der Waals surface area contributed by atoms with Gasteiger partial charge in [-0.1, -0.05) is 51.5 Å². The van der Waals surface area contributed by atoms with E-state index in [2.05, 4.69) is 15.6 Å². The van der Waals surface area contributed by atoms with E-state index in [1.807, 2.05) is 6.92 Å². The summed E-state index contributed by atoms with van der Waals surface area (Å²) in [5.74, 6) is -1.54. The summed E-state index contributed by atoms with van der Waals surface area (Å²) in [6.45, 7) is 1.90. The van der Waals surface area contributed by atoms with Gasteiger partial charge in [0.25, 0.3) is 0 Å². The average Bonchev–Trinajstić information content (AvgIpc) is 2.84. The number of carbonyl (C=O) groups is 3. The van der Waals surface area contributed by atoms with Crippen molar-refractivity contribution in [3.8, 4) is 0 Å². The molecule has 1 saturated carbocycles. The van der Waals surface area contributed by atoms with Crippen molar-refractivity contribution in [3.05, 3.63) is 24.4 Å². The molecule has 3 N–H and O–H groups in total. The van der Waals surface area contributed by atoms with E-state index in [1.165, 1.54) is 6.20 Å². The molecule has 1 heterocycles. The number of hydroxylamine groups is 2. The molecular weight excluding hydrogens is 472 g/mol. The summed E-state index contributed by atoms with van der Waals surface area (Å²) in [5.41, 5.74) is 0. The van der Waals surface area contributed by atoms with E-state index < -0.39 is 39.7 Å². The van der Waals surface area contributed by atoms with Crippen LogP contribution in [0.4, 0.5) is 5.82 Å². The second-order valence-corrected chi connectivity index (χ2v) is 11.6.